The maximum atomic E-state index is 12.9. The van der Waals surface area contributed by atoms with E-state index < -0.39 is 0 Å². The van der Waals surface area contributed by atoms with E-state index in [4.69, 9.17) is 0 Å². The van der Waals surface area contributed by atoms with Crippen molar-refractivity contribution in [2.45, 2.75) is 58.4 Å². The van der Waals surface area contributed by atoms with Crippen molar-refractivity contribution in [3.05, 3.63) is 41.7 Å². The summed E-state index contributed by atoms with van der Waals surface area (Å²) in [6.45, 7) is 7.91. The average molecular weight is 354 g/mol. The Morgan fingerprint density at radius 1 is 1.15 bits per heavy atom. The first-order chi connectivity index (χ1) is 12.3. The zero-order valence-corrected chi connectivity index (χ0v) is 15.8. The summed E-state index contributed by atoms with van der Waals surface area (Å²) in [6.07, 6.45) is 2.69. The van der Waals surface area contributed by atoms with E-state index in [-0.39, 0.29) is 17.4 Å². The lowest BCUT2D eigenvalue weighted by molar-refractivity contribution is -0.115. The molecule has 0 spiro atoms. The van der Waals surface area contributed by atoms with Crippen molar-refractivity contribution in [2.24, 2.45) is 0 Å². The van der Waals surface area contributed by atoms with E-state index in [2.05, 4.69) is 15.7 Å². The lowest BCUT2D eigenvalue weighted by Gasteiger charge is -2.22. The number of rotatable bonds is 5. The molecule has 1 saturated carbocycles. The van der Waals surface area contributed by atoms with E-state index in [1.165, 1.54) is 0 Å². The number of carbonyl (C=O) groups excluding carboxylic acids is 2. The molecule has 1 aliphatic carbocycles. The van der Waals surface area contributed by atoms with Crippen molar-refractivity contribution < 1.29 is 9.59 Å². The summed E-state index contributed by atoms with van der Waals surface area (Å²) in [6, 6.07) is 9.07. The predicted molar refractivity (Wildman–Crippen MR) is 103 cm³/mol. The van der Waals surface area contributed by atoms with Gasteiger partial charge < -0.3 is 10.6 Å². The fourth-order valence-electron chi connectivity index (χ4n) is 2.77. The highest BCUT2D eigenvalue weighted by Gasteiger charge is 2.31. The molecule has 1 fully saturated rings. The molecule has 2 aromatic rings. The number of carbonyl (C=O) groups is 2. The van der Waals surface area contributed by atoms with Gasteiger partial charge in [0.2, 0.25) is 5.91 Å². The number of hydrogen-bond donors (Lipinski definition) is 2. The maximum absolute atomic E-state index is 12.9. The second-order valence-electron chi connectivity index (χ2n) is 7.75. The Hall–Kier alpha value is -2.63. The number of hydrogen-bond acceptors (Lipinski definition) is 3. The Morgan fingerprint density at radius 2 is 1.81 bits per heavy atom. The SMILES string of the molecule is CCC(=O)Nc1cccc(NC(=O)c2cc(C3CC3)nn2C(C)(C)C)c1. The van der Waals surface area contributed by atoms with Crippen LogP contribution in [-0.2, 0) is 10.3 Å². The number of benzene rings is 1. The van der Waals surface area contributed by atoms with Gasteiger partial charge >= 0.3 is 0 Å². The van der Waals surface area contributed by atoms with Crippen LogP contribution in [0.3, 0.4) is 0 Å². The van der Waals surface area contributed by atoms with Gasteiger partial charge in [0, 0.05) is 23.7 Å². The predicted octanol–water partition coefficient (Wildman–Crippen LogP) is 4.12. The summed E-state index contributed by atoms with van der Waals surface area (Å²) >= 11 is 0. The van der Waals surface area contributed by atoms with E-state index in [0.717, 1.165) is 18.5 Å². The summed E-state index contributed by atoms with van der Waals surface area (Å²) < 4.78 is 1.80. The van der Waals surface area contributed by atoms with Crippen LogP contribution in [0.5, 0.6) is 0 Å². The van der Waals surface area contributed by atoms with Gasteiger partial charge in [-0.15, -0.1) is 0 Å². The fraction of sp³-hybridized carbons (Fsp3) is 0.450. The van der Waals surface area contributed by atoms with Crippen LogP contribution in [0.1, 0.15) is 69.1 Å². The molecule has 26 heavy (non-hydrogen) atoms. The van der Waals surface area contributed by atoms with Gasteiger partial charge in [0.15, 0.2) is 0 Å². The van der Waals surface area contributed by atoms with Crippen molar-refractivity contribution in [3.63, 3.8) is 0 Å². The third kappa shape index (κ3) is 4.12. The highest BCUT2D eigenvalue weighted by Crippen LogP contribution is 2.40. The van der Waals surface area contributed by atoms with E-state index in [9.17, 15) is 9.59 Å². The molecule has 2 N–H and O–H groups in total. The number of nitrogens with zero attached hydrogens (tertiary/aromatic N) is 2. The quantitative estimate of drug-likeness (QED) is 0.848. The Labute approximate surface area is 154 Å². The van der Waals surface area contributed by atoms with Gasteiger partial charge in [-0.1, -0.05) is 13.0 Å². The van der Waals surface area contributed by atoms with Gasteiger partial charge in [-0.05, 0) is 57.9 Å². The van der Waals surface area contributed by atoms with Crippen LogP contribution < -0.4 is 10.6 Å². The molecule has 0 bridgehead atoms. The zero-order chi connectivity index (χ0) is 18.9. The van der Waals surface area contributed by atoms with Gasteiger partial charge in [0.05, 0.1) is 11.2 Å². The molecule has 1 aromatic heterocycles. The van der Waals surface area contributed by atoms with Crippen molar-refractivity contribution in [2.75, 3.05) is 10.6 Å². The first-order valence-corrected chi connectivity index (χ1v) is 9.09. The highest BCUT2D eigenvalue weighted by atomic mass is 16.2. The smallest absolute Gasteiger partial charge is 0.273 e. The lowest BCUT2D eigenvalue weighted by atomic mass is 10.1. The van der Waals surface area contributed by atoms with Crippen LogP contribution in [-0.4, -0.2) is 21.6 Å². The summed E-state index contributed by atoms with van der Waals surface area (Å²) in [5, 5.41) is 10.4. The fourth-order valence-corrected chi connectivity index (χ4v) is 2.77. The van der Waals surface area contributed by atoms with Crippen LogP contribution in [0.4, 0.5) is 11.4 Å². The number of amides is 2. The topological polar surface area (TPSA) is 76.0 Å². The Kier molecular flexibility index (Phi) is 4.85. The third-order valence-electron chi connectivity index (χ3n) is 4.32. The Morgan fingerprint density at radius 3 is 2.38 bits per heavy atom. The molecule has 0 radical (unpaired) electrons. The molecule has 0 atom stereocenters. The van der Waals surface area contributed by atoms with E-state index >= 15 is 0 Å². The van der Waals surface area contributed by atoms with Crippen LogP contribution >= 0.6 is 0 Å². The molecule has 1 aromatic carbocycles. The van der Waals surface area contributed by atoms with Crippen LogP contribution in [0.25, 0.3) is 0 Å². The molecular weight excluding hydrogens is 328 g/mol. The van der Waals surface area contributed by atoms with Gasteiger partial charge in [-0.2, -0.15) is 5.10 Å². The minimum absolute atomic E-state index is 0.0617. The van der Waals surface area contributed by atoms with Crippen molar-refractivity contribution >= 4 is 23.2 Å². The van der Waals surface area contributed by atoms with Gasteiger partial charge in [0.1, 0.15) is 5.69 Å². The normalized spacial score (nSPS) is 14.2. The molecule has 0 unspecified atom stereocenters. The van der Waals surface area contributed by atoms with Crippen LogP contribution in [0.2, 0.25) is 0 Å². The molecule has 0 aliphatic heterocycles. The van der Waals surface area contributed by atoms with Gasteiger partial charge in [-0.3, -0.25) is 14.3 Å². The molecule has 0 saturated heterocycles. The molecule has 138 valence electrons. The number of nitrogens with one attached hydrogen (secondary N) is 2. The number of aromatic nitrogens is 2. The Balaban J connectivity index is 1.82. The monoisotopic (exact) mass is 354 g/mol. The van der Waals surface area contributed by atoms with Gasteiger partial charge in [0.25, 0.3) is 5.91 Å². The summed E-state index contributed by atoms with van der Waals surface area (Å²) in [5.41, 5.74) is 2.57. The van der Waals surface area contributed by atoms with E-state index in [1.807, 2.05) is 26.8 Å². The highest BCUT2D eigenvalue weighted by molar-refractivity contribution is 6.03. The zero-order valence-electron chi connectivity index (χ0n) is 15.8. The maximum Gasteiger partial charge on any atom is 0.273 e. The molecule has 2 amide bonds. The summed E-state index contributed by atoms with van der Waals surface area (Å²) in [7, 11) is 0. The molecule has 6 nitrogen and oxygen atoms in total. The van der Waals surface area contributed by atoms with Crippen molar-refractivity contribution in [3.8, 4) is 0 Å². The van der Waals surface area contributed by atoms with E-state index in [0.29, 0.717) is 29.4 Å². The third-order valence-corrected chi connectivity index (χ3v) is 4.32. The molecule has 1 aliphatic rings. The van der Waals surface area contributed by atoms with Gasteiger partial charge in [-0.25, -0.2) is 0 Å². The first kappa shape index (κ1) is 18.2. The molecule has 1 heterocycles. The standard InChI is InChI=1S/C20H26N4O2/c1-5-18(25)21-14-7-6-8-15(11-14)22-19(26)17-12-16(13-9-10-13)23-24(17)20(2,3)4/h6-8,11-13H,5,9-10H2,1-4H3,(H,21,25)(H,22,26). The molecule has 3 rings (SSSR count). The lowest BCUT2D eigenvalue weighted by Crippen LogP contribution is -2.29. The first-order valence-electron chi connectivity index (χ1n) is 9.09. The van der Waals surface area contributed by atoms with Crippen molar-refractivity contribution in [1.82, 2.24) is 9.78 Å². The summed E-state index contributed by atoms with van der Waals surface area (Å²) in [5.74, 6) is 0.226. The average Bonchev–Trinajstić information content (AvgIpc) is 3.31. The minimum atomic E-state index is -0.281. The summed E-state index contributed by atoms with van der Waals surface area (Å²) in [4.78, 5) is 24.4. The van der Waals surface area contributed by atoms with Crippen LogP contribution in [0, 0.1) is 0 Å². The second-order valence-corrected chi connectivity index (χ2v) is 7.75. The van der Waals surface area contributed by atoms with Crippen LogP contribution in [0.15, 0.2) is 30.3 Å². The second kappa shape index (κ2) is 6.94. The van der Waals surface area contributed by atoms with E-state index in [1.54, 1.807) is 35.9 Å². The number of anilines is 2. The Bertz CT molecular complexity index is 829. The van der Waals surface area contributed by atoms with Crippen molar-refractivity contribution in [1.29, 1.82) is 0 Å². The largest absolute Gasteiger partial charge is 0.326 e. The minimum Gasteiger partial charge on any atom is -0.326 e. The molecular formula is C20H26N4O2. The molecule has 6 heteroatoms.